The molecule has 0 spiro atoms. The minimum absolute atomic E-state index is 0.0357. The summed E-state index contributed by atoms with van der Waals surface area (Å²) in [6.07, 6.45) is -0.692. The SMILES string of the molecule is COC(=O)c1cccc(CC(C(=O)c2ccc(F)c(Cl)c2)c2ccc(OC)cc2NC(=O)OC(C)(C)C)n1. The van der Waals surface area contributed by atoms with Crippen molar-refractivity contribution in [2.75, 3.05) is 19.5 Å². The molecule has 8 nitrogen and oxygen atoms in total. The number of rotatable bonds is 8. The molecule has 10 heteroatoms. The number of carbonyl (C=O) groups excluding carboxylic acids is 3. The first-order valence-corrected chi connectivity index (χ1v) is 12.0. The second-order valence-corrected chi connectivity index (χ2v) is 9.74. The average molecular weight is 543 g/mol. The monoisotopic (exact) mass is 542 g/mol. The highest BCUT2D eigenvalue weighted by Gasteiger charge is 2.28. The van der Waals surface area contributed by atoms with Gasteiger partial charge >= 0.3 is 12.1 Å². The Labute approximate surface area is 225 Å². The Morgan fingerprint density at radius 1 is 1.05 bits per heavy atom. The van der Waals surface area contributed by atoms with Gasteiger partial charge in [-0.05, 0) is 62.7 Å². The lowest BCUT2D eigenvalue weighted by molar-refractivity contribution is 0.0591. The zero-order valence-electron chi connectivity index (χ0n) is 21.6. The quantitative estimate of drug-likeness (QED) is 0.266. The predicted molar refractivity (Wildman–Crippen MR) is 141 cm³/mol. The van der Waals surface area contributed by atoms with Gasteiger partial charge in [0.05, 0.1) is 30.8 Å². The zero-order chi connectivity index (χ0) is 28.0. The summed E-state index contributed by atoms with van der Waals surface area (Å²) in [5.74, 6) is -2.19. The molecule has 0 radical (unpaired) electrons. The summed E-state index contributed by atoms with van der Waals surface area (Å²) in [4.78, 5) is 42.9. The molecule has 3 rings (SSSR count). The average Bonchev–Trinajstić information content (AvgIpc) is 2.87. The van der Waals surface area contributed by atoms with Crippen LogP contribution >= 0.6 is 11.6 Å². The number of hydrogen-bond acceptors (Lipinski definition) is 7. The maximum absolute atomic E-state index is 13.8. The van der Waals surface area contributed by atoms with Crippen molar-refractivity contribution in [3.63, 3.8) is 0 Å². The fraction of sp³-hybridized carbons (Fsp3) is 0.286. The van der Waals surface area contributed by atoms with Gasteiger partial charge in [0.15, 0.2) is 5.78 Å². The molecule has 0 fully saturated rings. The van der Waals surface area contributed by atoms with Gasteiger partial charge in [-0.1, -0.05) is 23.7 Å². The van der Waals surface area contributed by atoms with E-state index in [4.69, 9.17) is 25.8 Å². The summed E-state index contributed by atoms with van der Waals surface area (Å²) < 4.78 is 29.3. The number of nitrogens with zero attached hydrogens (tertiary/aromatic N) is 1. The number of aromatic nitrogens is 1. The Morgan fingerprint density at radius 3 is 2.42 bits per heavy atom. The highest BCUT2D eigenvalue weighted by molar-refractivity contribution is 6.31. The summed E-state index contributed by atoms with van der Waals surface area (Å²) in [6.45, 7) is 5.18. The van der Waals surface area contributed by atoms with E-state index >= 15 is 0 Å². The highest BCUT2D eigenvalue weighted by Crippen LogP contribution is 2.34. The number of esters is 1. The fourth-order valence-corrected chi connectivity index (χ4v) is 3.88. The van der Waals surface area contributed by atoms with E-state index in [-0.39, 0.29) is 28.4 Å². The Kier molecular flexibility index (Phi) is 9.06. The number of pyridine rings is 1. The van der Waals surface area contributed by atoms with Gasteiger partial charge in [-0.3, -0.25) is 10.1 Å². The molecule has 0 aliphatic carbocycles. The van der Waals surface area contributed by atoms with E-state index < -0.39 is 35.2 Å². The van der Waals surface area contributed by atoms with Crippen molar-refractivity contribution >= 4 is 35.1 Å². The Hall–Kier alpha value is -3.98. The van der Waals surface area contributed by atoms with Crippen LogP contribution in [0.2, 0.25) is 5.02 Å². The smallest absolute Gasteiger partial charge is 0.412 e. The van der Waals surface area contributed by atoms with Gasteiger partial charge in [0.25, 0.3) is 0 Å². The van der Waals surface area contributed by atoms with Crippen LogP contribution in [0.5, 0.6) is 5.75 Å². The molecule has 0 saturated carbocycles. The van der Waals surface area contributed by atoms with Gasteiger partial charge in [0.1, 0.15) is 22.9 Å². The lowest BCUT2D eigenvalue weighted by Gasteiger charge is -2.23. The standard InChI is InChI=1S/C28H28ClFN2O6/c1-28(2,3)38-27(35)32-24-15-18(36-4)10-11-19(24)20(25(33)16-9-12-22(30)21(29)13-16)14-17-7-6-8-23(31-17)26(34)37-5/h6-13,15,20H,14H2,1-5H3,(H,32,35). The minimum atomic E-state index is -0.923. The van der Waals surface area contributed by atoms with E-state index in [2.05, 4.69) is 10.3 Å². The lowest BCUT2D eigenvalue weighted by atomic mass is 9.85. The molecular formula is C28H28ClFN2O6. The van der Waals surface area contributed by atoms with Crippen LogP contribution in [-0.4, -0.2) is 42.7 Å². The fourth-order valence-electron chi connectivity index (χ4n) is 3.70. The normalized spacial score (nSPS) is 11.9. The molecule has 1 aromatic heterocycles. The van der Waals surface area contributed by atoms with Crippen LogP contribution in [0.15, 0.2) is 54.6 Å². The summed E-state index contributed by atoms with van der Waals surface area (Å²) in [7, 11) is 2.71. The maximum atomic E-state index is 13.8. The van der Waals surface area contributed by atoms with Crippen LogP contribution < -0.4 is 10.1 Å². The molecule has 0 aliphatic heterocycles. The number of halogens is 2. The zero-order valence-corrected chi connectivity index (χ0v) is 22.4. The number of amides is 1. The Morgan fingerprint density at radius 2 is 1.79 bits per heavy atom. The van der Waals surface area contributed by atoms with Crippen LogP contribution in [0.25, 0.3) is 0 Å². The number of methoxy groups -OCH3 is 2. The van der Waals surface area contributed by atoms with Gasteiger partial charge in [-0.25, -0.2) is 19.0 Å². The van der Waals surface area contributed by atoms with Gasteiger partial charge in [-0.15, -0.1) is 0 Å². The maximum Gasteiger partial charge on any atom is 0.412 e. The third kappa shape index (κ3) is 7.29. The van der Waals surface area contributed by atoms with E-state index in [1.165, 1.54) is 32.4 Å². The lowest BCUT2D eigenvalue weighted by Crippen LogP contribution is -2.28. The first kappa shape index (κ1) is 28.6. The number of ether oxygens (including phenoxy) is 3. The van der Waals surface area contributed by atoms with Crippen molar-refractivity contribution in [3.05, 3.63) is 88.0 Å². The molecule has 200 valence electrons. The van der Waals surface area contributed by atoms with Gasteiger partial charge < -0.3 is 14.2 Å². The largest absolute Gasteiger partial charge is 0.497 e. The molecule has 0 bridgehead atoms. The van der Waals surface area contributed by atoms with Crippen molar-refractivity contribution in [2.45, 2.75) is 38.7 Å². The van der Waals surface area contributed by atoms with E-state index in [9.17, 15) is 18.8 Å². The topological polar surface area (TPSA) is 104 Å². The second-order valence-electron chi connectivity index (χ2n) is 9.34. The molecule has 0 aliphatic rings. The highest BCUT2D eigenvalue weighted by atomic mass is 35.5. The van der Waals surface area contributed by atoms with E-state index in [1.807, 2.05) is 0 Å². The summed E-state index contributed by atoms with van der Waals surface area (Å²) >= 11 is 5.96. The number of Topliss-reactive ketones (excluding diaryl/α,β-unsaturated/α-hetero) is 1. The van der Waals surface area contributed by atoms with Crippen molar-refractivity contribution in [1.29, 1.82) is 0 Å². The molecule has 3 aromatic rings. The van der Waals surface area contributed by atoms with Crippen molar-refractivity contribution in [3.8, 4) is 5.75 Å². The second kappa shape index (κ2) is 12.0. The van der Waals surface area contributed by atoms with Gasteiger partial charge in [-0.2, -0.15) is 0 Å². The van der Waals surface area contributed by atoms with Crippen LogP contribution in [0.3, 0.4) is 0 Å². The summed E-state index contributed by atoms with van der Waals surface area (Å²) in [5.41, 5.74) is 0.578. The van der Waals surface area contributed by atoms with Crippen LogP contribution in [0.1, 0.15) is 58.8 Å². The molecule has 1 atom stereocenters. The Bertz CT molecular complexity index is 1360. The number of benzene rings is 2. The number of anilines is 1. The summed E-state index contributed by atoms with van der Waals surface area (Å²) in [5, 5.41) is 2.49. The van der Waals surface area contributed by atoms with Gasteiger partial charge in [0.2, 0.25) is 0 Å². The molecular weight excluding hydrogens is 515 g/mol. The van der Waals surface area contributed by atoms with Gasteiger partial charge in [0, 0.05) is 23.7 Å². The molecule has 2 aromatic carbocycles. The molecule has 1 unspecified atom stereocenters. The van der Waals surface area contributed by atoms with Crippen LogP contribution in [0.4, 0.5) is 14.9 Å². The number of ketones is 1. The molecule has 1 amide bonds. The minimum Gasteiger partial charge on any atom is -0.497 e. The van der Waals surface area contributed by atoms with E-state index in [0.29, 0.717) is 17.0 Å². The molecule has 1 heterocycles. The van der Waals surface area contributed by atoms with E-state index in [1.54, 1.807) is 51.1 Å². The van der Waals surface area contributed by atoms with Crippen LogP contribution in [0, 0.1) is 5.82 Å². The number of nitrogens with one attached hydrogen (secondary N) is 1. The van der Waals surface area contributed by atoms with Crippen molar-refractivity contribution in [1.82, 2.24) is 4.98 Å². The molecule has 38 heavy (non-hydrogen) atoms. The van der Waals surface area contributed by atoms with Crippen molar-refractivity contribution in [2.24, 2.45) is 0 Å². The number of carbonyl (C=O) groups is 3. The van der Waals surface area contributed by atoms with Crippen LogP contribution in [-0.2, 0) is 15.9 Å². The first-order valence-electron chi connectivity index (χ1n) is 11.6. The number of hydrogen-bond donors (Lipinski definition) is 1. The summed E-state index contributed by atoms with van der Waals surface area (Å²) in [6, 6.07) is 13.3. The Balaban J connectivity index is 2.12. The molecule has 1 N–H and O–H groups in total. The predicted octanol–water partition coefficient (Wildman–Crippen LogP) is 6.23. The first-order chi connectivity index (χ1) is 17.9. The van der Waals surface area contributed by atoms with E-state index in [0.717, 1.165) is 6.07 Å². The molecule has 0 saturated heterocycles. The third-order valence-corrected chi connectivity index (χ3v) is 5.70. The van der Waals surface area contributed by atoms with Crippen molar-refractivity contribution < 1.29 is 33.0 Å². The third-order valence-electron chi connectivity index (χ3n) is 5.41.